The minimum absolute atomic E-state index is 0.475. The highest BCUT2D eigenvalue weighted by Crippen LogP contribution is 2.33. The lowest BCUT2D eigenvalue weighted by Crippen LogP contribution is -2.12. The van der Waals surface area contributed by atoms with Gasteiger partial charge in [-0.15, -0.1) is 11.3 Å². The maximum atomic E-state index is 12.6. The lowest BCUT2D eigenvalue weighted by Gasteiger charge is -2.08. The number of benzene rings is 2. The predicted octanol–water partition coefficient (Wildman–Crippen LogP) is 5.52. The first kappa shape index (κ1) is 19.4. The summed E-state index contributed by atoms with van der Waals surface area (Å²) in [5.41, 5.74) is 1.16. The molecular weight excluding hydrogens is 373 g/mol. The average Bonchev–Trinajstić information content (AvgIpc) is 3.11. The highest BCUT2D eigenvalue weighted by Gasteiger charge is 2.29. The summed E-state index contributed by atoms with van der Waals surface area (Å²) in [6.45, 7) is 3.56. The Bertz CT molecular complexity index is 875. The Morgan fingerprint density at radius 1 is 1.04 bits per heavy atom. The number of alkyl halides is 3. The maximum absolute atomic E-state index is 12.6. The standard InChI is InChI=1S/C20H19F3N2OS/c1-2-26-17-6-4-3-5-16(17)18-12-25-19(27-18)13-24-11-14-7-9-15(10-8-14)20(21,22)23/h3-10,12,24H,2,11,13H2,1H3. The van der Waals surface area contributed by atoms with Crippen LogP contribution in [0, 0.1) is 0 Å². The van der Waals surface area contributed by atoms with E-state index in [9.17, 15) is 13.2 Å². The van der Waals surface area contributed by atoms with Crippen LogP contribution in [0.3, 0.4) is 0 Å². The minimum atomic E-state index is -4.30. The van der Waals surface area contributed by atoms with E-state index in [1.165, 1.54) is 12.1 Å². The number of rotatable bonds is 7. The quantitative estimate of drug-likeness (QED) is 0.575. The molecule has 0 amide bonds. The first-order valence-electron chi connectivity index (χ1n) is 8.51. The molecule has 142 valence electrons. The van der Waals surface area contributed by atoms with Gasteiger partial charge in [0.25, 0.3) is 0 Å². The summed E-state index contributed by atoms with van der Waals surface area (Å²) in [5.74, 6) is 0.827. The molecule has 7 heteroatoms. The third kappa shape index (κ3) is 5.08. The molecule has 0 saturated heterocycles. The summed E-state index contributed by atoms with van der Waals surface area (Å²) in [5, 5.41) is 4.12. The second-order valence-electron chi connectivity index (χ2n) is 5.85. The summed E-state index contributed by atoms with van der Waals surface area (Å²) in [7, 11) is 0. The molecule has 1 N–H and O–H groups in total. The summed E-state index contributed by atoms with van der Waals surface area (Å²) in [4.78, 5) is 5.44. The van der Waals surface area contributed by atoms with Crippen LogP contribution in [0.15, 0.2) is 54.7 Å². The number of hydrogen-bond acceptors (Lipinski definition) is 4. The van der Waals surface area contributed by atoms with Crippen molar-refractivity contribution in [3.63, 3.8) is 0 Å². The number of ether oxygens (including phenoxy) is 1. The van der Waals surface area contributed by atoms with Crippen molar-refractivity contribution in [2.45, 2.75) is 26.2 Å². The van der Waals surface area contributed by atoms with Crippen molar-refractivity contribution in [1.82, 2.24) is 10.3 Å². The molecular formula is C20H19F3N2OS. The van der Waals surface area contributed by atoms with Crippen LogP contribution in [0.25, 0.3) is 10.4 Å². The number of nitrogens with zero attached hydrogens (tertiary/aromatic N) is 1. The van der Waals surface area contributed by atoms with Gasteiger partial charge in [-0.1, -0.05) is 24.3 Å². The molecule has 2 aromatic carbocycles. The van der Waals surface area contributed by atoms with Gasteiger partial charge in [0.15, 0.2) is 0 Å². The molecule has 0 fully saturated rings. The van der Waals surface area contributed by atoms with Crippen LogP contribution in [0.1, 0.15) is 23.1 Å². The van der Waals surface area contributed by atoms with Crippen LogP contribution in [0.2, 0.25) is 0 Å². The predicted molar refractivity (Wildman–Crippen MR) is 101 cm³/mol. The van der Waals surface area contributed by atoms with Crippen molar-refractivity contribution in [3.8, 4) is 16.2 Å². The fourth-order valence-electron chi connectivity index (χ4n) is 2.59. The minimum Gasteiger partial charge on any atom is -0.493 e. The molecule has 0 aliphatic heterocycles. The second-order valence-corrected chi connectivity index (χ2v) is 6.96. The molecule has 0 aliphatic carbocycles. The van der Waals surface area contributed by atoms with Crippen molar-refractivity contribution in [2.24, 2.45) is 0 Å². The Morgan fingerprint density at radius 3 is 2.48 bits per heavy atom. The van der Waals surface area contributed by atoms with Crippen molar-refractivity contribution in [1.29, 1.82) is 0 Å². The zero-order valence-corrected chi connectivity index (χ0v) is 15.5. The lowest BCUT2D eigenvalue weighted by molar-refractivity contribution is -0.137. The molecule has 27 heavy (non-hydrogen) atoms. The lowest BCUT2D eigenvalue weighted by atomic mass is 10.1. The van der Waals surface area contributed by atoms with Gasteiger partial charge in [0.1, 0.15) is 10.8 Å². The number of nitrogens with one attached hydrogen (secondary N) is 1. The summed E-state index contributed by atoms with van der Waals surface area (Å²) in [6, 6.07) is 13.0. The molecule has 0 atom stereocenters. The normalized spacial score (nSPS) is 11.6. The monoisotopic (exact) mass is 392 g/mol. The van der Waals surface area contributed by atoms with Gasteiger partial charge in [-0.05, 0) is 36.8 Å². The number of hydrogen-bond donors (Lipinski definition) is 1. The van der Waals surface area contributed by atoms with Gasteiger partial charge in [-0.3, -0.25) is 0 Å². The van der Waals surface area contributed by atoms with Gasteiger partial charge >= 0.3 is 6.18 Å². The molecule has 3 aromatic rings. The zero-order valence-electron chi connectivity index (χ0n) is 14.7. The summed E-state index contributed by atoms with van der Waals surface area (Å²) >= 11 is 1.56. The number of thiazole rings is 1. The van der Waals surface area contributed by atoms with E-state index in [1.807, 2.05) is 37.4 Å². The highest BCUT2D eigenvalue weighted by molar-refractivity contribution is 7.15. The van der Waals surface area contributed by atoms with Gasteiger partial charge in [0.2, 0.25) is 0 Å². The zero-order chi connectivity index (χ0) is 19.3. The molecule has 1 aromatic heterocycles. The third-order valence-corrected chi connectivity index (χ3v) is 4.92. The van der Waals surface area contributed by atoms with Gasteiger partial charge in [0.05, 0.1) is 17.0 Å². The largest absolute Gasteiger partial charge is 0.493 e. The van der Waals surface area contributed by atoms with Crippen LogP contribution >= 0.6 is 11.3 Å². The van der Waals surface area contributed by atoms with Crippen LogP contribution in [0.4, 0.5) is 13.2 Å². The summed E-state index contributed by atoms with van der Waals surface area (Å²) in [6.07, 6.45) is -2.49. The third-order valence-electron chi connectivity index (χ3n) is 3.89. The van der Waals surface area contributed by atoms with E-state index in [0.29, 0.717) is 19.7 Å². The van der Waals surface area contributed by atoms with E-state index < -0.39 is 11.7 Å². The number of halogens is 3. The first-order chi connectivity index (χ1) is 13.0. The van der Waals surface area contributed by atoms with Crippen molar-refractivity contribution in [2.75, 3.05) is 6.61 Å². The Labute approximate surface area is 159 Å². The SMILES string of the molecule is CCOc1ccccc1-c1cnc(CNCc2ccc(C(F)(F)F)cc2)s1. The van der Waals surface area contributed by atoms with Crippen LogP contribution in [-0.4, -0.2) is 11.6 Å². The Morgan fingerprint density at radius 2 is 1.78 bits per heavy atom. The number of aromatic nitrogens is 1. The molecule has 0 saturated carbocycles. The molecule has 0 bridgehead atoms. The van der Waals surface area contributed by atoms with Gasteiger partial charge in [-0.2, -0.15) is 13.2 Å². The average molecular weight is 392 g/mol. The Balaban J connectivity index is 1.59. The molecule has 0 radical (unpaired) electrons. The van der Waals surface area contributed by atoms with E-state index in [1.54, 1.807) is 11.3 Å². The van der Waals surface area contributed by atoms with E-state index in [-0.39, 0.29) is 0 Å². The van der Waals surface area contributed by atoms with E-state index in [0.717, 1.165) is 38.9 Å². The maximum Gasteiger partial charge on any atom is 0.416 e. The molecule has 1 heterocycles. The summed E-state index contributed by atoms with van der Waals surface area (Å²) < 4.78 is 43.4. The first-order valence-corrected chi connectivity index (χ1v) is 9.33. The molecule has 0 spiro atoms. The van der Waals surface area contributed by atoms with Crippen LogP contribution < -0.4 is 10.1 Å². The number of para-hydroxylation sites is 1. The molecule has 0 aliphatic rings. The van der Waals surface area contributed by atoms with Gasteiger partial charge in [0, 0.05) is 24.8 Å². The van der Waals surface area contributed by atoms with E-state index in [2.05, 4.69) is 10.3 Å². The second kappa shape index (κ2) is 8.54. The van der Waals surface area contributed by atoms with Crippen molar-refractivity contribution < 1.29 is 17.9 Å². The molecule has 0 unspecified atom stereocenters. The topological polar surface area (TPSA) is 34.1 Å². The van der Waals surface area contributed by atoms with Crippen molar-refractivity contribution >= 4 is 11.3 Å². The van der Waals surface area contributed by atoms with Crippen LogP contribution in [0.5, 0.6) is 5.75 Å². The molecule has 3 rings (SSSR count). The van der Waals surface area contributed by atoms with E-state index in [4.69, 9.17) is 4.74 Å². The fraction of sp³-hybridized carbons (Fsp3) is 0.250. The smallest absolute Gasteiger partial charge is 0.416 e. The Hall–Kier alpha value is -2.38. The Kier molecular flexibility index (Phi) is 6.13. The fourth-order valence-corrected chi connectivity index (χ4v) is 3.51. The van der Waals surface area contributed by atoms with Crippen molar-refractivity contribution in [3.05, 3.63) is 70.9 Å². The van der Waals surface area contributed by atoms with Gasteiger partial charge in [-0.25, -0.2) is 4.98 Å². The van der Waals surface area contributed by atoms with Gasteiger partial charge < -0.3 is 10.1 Å². The highest BCUT2D eigenvalue weighted by atomic mass is 32.1. The van der Waals surface area contributed by atoms with Crippen LogP contribution in [-0.2, 0) is 19.3 Å². The molecule has 3 nitrogen and oxygen atoms in total. The van der Waals surface area contributed by atoms with E-state index >= 15 is 0 Å².